The van der Waals surface area contributed by atoms with E-state index in [0.29, 0.717) is 0 Å². The minimum absolute atomic E-state index is 0.488. The third kappa shape index (κ3) is 3.38. The second-order valence-electron chi connectivity index (χ2n) is 3.73. The van der Waals surface area contributed by atoms with Crippen molar-refractivity contribution in [2.75, 3.05) is 14.2 Å². The highest BCUT2D eigenvalue weighted by Gasteiger charge is 2.26. The molecule has 1 aliphatic carbocycles. The zero-order valence-electron chi connectivity index (χ0n) is 8.84. The fourth-order valence-electron chi connectivity index (χ4n) is 1.65. The SMILES string of the molecule is COC(C)(OC)O[SiH2]C1CCCC1. The van der Waals surface area contributed by atoms with E-state index in [4.69, 9.17) is 13.9 Å². The molecule has 0 atom stereocenters. The van der Waals surface area contributed by atoms with Crippen molar-refractivity contribution in [3.8, 4) is 0 Å². The van der Waals surface area contributed by atoms with Crippen LogP contribution < -0.4 is 0 Å². The molecule has 3 nitrogen and oxygen atoms in total. The van der Waals surface area contributed by atoms with Gasteiger partial charge in [-0.15, -0.1) is 0 Å². The van der Waals surface area contributed by atoms with Crippen molar-refractivity contribution >= 4 is 9.76 Å². The lowest BCUT2D eigenvalue weighted by Gasteiger charge is -2.27. The maximum atomic E-state index is 5.71. The lowest BCUT2D eigenvalue weighted by Crippen LogP contribution is -2.35. The maximum absolute atomic E-state index is 5.71. The fraction of sp³-hybridized carbons (Fsp3) is 1.00. The van der Waals surface area contributed by atoms with E-state index in [-0.39, 0.29) is 0 Å². The van der Waals surface area contributed by atoms with Crippen molar-refractivity contribution < 1.29 is 13.9 Å². The molecular formula is C9H20O3Si. The zero-order valence-corrected chi connectivity index (χ0v) is 10.3. The van der Waals surface area contributed by atoms with Gasteiger partial charge in [-0.05, 0) is 5.54 Å². The minimum Gasteiger partial charge on any atom is -0.376 e. The Balaban J connectivity index is 2.22. The summed E-state index contributed by atoms with van der Waals surface area (Å²) in [5, 5.41) is 0. The monoisotopic (exact) mass is 204 g/mol. The highest BCUT2D eigenvalue weighted by Crippen LogP contribution is 2.30. The maximum Gasteiger partial charge on any atom is 0.269 e. The van der Waals surface area contributed by atoms with Gasteiger partial charge in [-0.25, -0.2) is 0 Å². The normalized spacial score (nSPS) is 20.5. The Morgan fingerprint density at radius 1 is 1.15 bits per heavy atom. The molecule has 4 heteroatoms. The van der Waals surface area contributed by atoms with Crippen LogP contribution in [0, 0.1) is 0 Å². The Hall–Kier alpha value is 0.0969. The molecule has 78 valence electrons. The van der Waals surface area contributed by atoms with Crippen molar-refractivity contribution in [2.45, 2.75) is 44.1 Å². The number of methoxy groups -OCH3 is 2. The predicted octanol–water partition coefficient (Wildman–Crippen LogP) is 1.42. The summed E-state index contributed by atoms with van der Waals surface area (Å²) < 4.78 is 16.0. The molecule has 1 aliphatic rings. The van der Waals surface area contributed by atoms with E-state index < -0.39 is 15.7 Å². The van der Waals surface area contributed by atoms with Gasteiger partial charge in [0.1, 0.15) is 0 Å². The number of rotatable bonds is 5. The first-order chi connectivity index (χ1) is 6.20. The molecule has 0 aliphatic heterocycles. The molecule has 0 aromatic heterocycles. The smallest absolute Gasteiger partial charge is 0.269 e. The lowest BCUT2D eigenvalue weighted by molar-refractivity contribution is -0.311. The van der Waals surface area contributed by atoms with Crippen LogP contribution >= 0.6 is 0 Å². The number of hydrogen-bond acceptors (Lipinski definition) is 3. The molecule has 0 saturated heterocycles. The molecule has 1 saturated carbocycles. The molecule has 0 aromatic rings. The van der Waals surface area contributed by atoms with Crippen LogP contribution in [0.3, 0.4) is 0 Å². The average Bonchev–Trinajstić information content (AvgIpc) is 2.67. The Labute approximate surface area is 82.7 Å². The summed E-state index contributed by atoms with van der Waals surface area (Å²) in [6, 6.07) is 0. The average molecular weight is 204 g/mol. The van der Waals surface area contributed by atoms with Crippen LogP contribution in [0.5, 0.6) is 0 Å². The second kappa shape index (κ2) is 5.10. The highest BCUT2D eigenvalue weighted by molar-refractivity contribution is 6.29. The Morgan fingerprint density at radius 2 is 1.69 bits per heavy atom. The standard InChI is InChI=1S/C9H20O3Si/c1-9(10-2,11-3)12-13-8-6-4-5-7-8/h8H,4-7,13H2,1-3H3. The quantitative estimate of drug-likeness (QED) is 0.501. The molecule has 0 amide bonds. The van der Waals surface area contributed by atoms with E-state index in [1.807, 2.05) is 6.92 Å². The Morgan fingerprint density at radius 3 is 2.15 bits per heavy atom. The van der Waals surface area contributed by atoms with E-state index in [0.717, 1.165) is 5.54 Å². The fourth-order valence-corrected chi connectivity index (χ4v) is 3.33. The predicted molar refractivity (Wildman–Crippen MR) is 54.3 cm³/mol. The van der Waals surface area contributed by atoms with Crippen molar-refractivity contribution in [2.24, 2.45) is 0 Å². The number of hydrogen-bond donors (Lipinski definition) is 0. The Bertz CT molecular complexity index is 142. The van der Waals surface area contributed by atoms with Crippen molar-refractivity contribution in [3.05, 3.63) is 0 Å². The van der Waals surface area contributed by atoms with Gasteiger partial charge in [0.05, 0.1) is 0 Å². The first-order valence-corrected chi connectivity index (χ1v) is 6.34. The van der Waals surface area contributed by atoms with E-state index in [9.17, 15) is 0 Å². The molecule has 0 N–H and O–H groups in total. The van der Waals surface area contributed by atoms with Crippen LogP contribution in [0.15, 0.2) is 0 Å². The van der Waals surface area contributed by atoms with Gasteiger partial charge in [0.2, 0.25) is 0 Å². The molecule has 0 bridgehead atoms. The van der Waals surface area contributed by atoms with Crippen molar-refractivity contribution in [1.29, 1.82) is 0 Å². The highest BCUT2D eigenvalue weighted by atomic mass is 28.2. The van der Waals surface area contributed by atoms with Gasteiger partial charge < -0.3 is 13.9 Å². The van der Waals surface area contributed by atoms with Gasteiger partial charge in [-0.1, -0.05) is 25.7 Å². The summed E-state index contributed by atoms with van der Waals surface area (Å²) >= 11 is 0. The van der Waals surface area contributed by atoms with Crippen LogP contribution in [-0.2, 0) is 13.9 Å². The summed E-state index contributed by atoms with van der Waals surface area (Å²) in [4.78, 5) is 0. The van der Waals surface area contributed by atoms with Gasteiger partial charge in [-0.3, -0.25) is 0 Å². The molecular weight excluding hydrogens is 184 g/mol. The van der Waals surface area contributed by atoms with Crippen LogP contribution in [0.4, 0.5) is 0 Å². The molecule has 1 fully saturated rings. The minimum atomic E-state index is -0.797. The number of ether oxygens (including phenoxy) is 2. The largest absolute Gasteiger partial charge is 0.376 e. The molecule has 1 rings (SSSR count). The van der Waals surface area contributed by atoms with E-state index >= 15 is 0 Å². The third-order valence-corrected chi connectivity index (χ3v) is 4.78. The molecule has 0 radical (unpaired) electrons. The summed E-state index contributed by atoms with van der Waals surface area (Å²) in [6.07, 6.45) is 5.43. The van der Waals surface area contributed by atoms with Gasteiger partial charge >= 0.3 is 0 Å². The summed E-state index contributed by atoms with van der Waals surface area (Å²) in [7, 11) is 2.75. The van der Waals surface area contributed by atoms with Crippen LogP contribution in [0.25, 0.3) is 0 Å². The molecule has 0 aromatic carbocycles. The van der Waals surface area contributed by atoms with E-state index in [2.05, 4.69) is 0 Å². The van der Waals surface area contributed by atoms with Crippen molar-refractivity contribution in [3.63, 3.8) is 0 Å². The van der Waals surface area contributed by atoms with Crippen LogP contribution in [0.2, 0.25) is 5.54 Å². The van der Waals surface area contributed by atoms with E-state index in [1.165, 1.54) is 25.7 Å². The van der Waals surface area contributed by atoms with Crippen molar-refractivity contribution in [1.82, 2.24) is 0 Å². The van der Waals surface area contributed by atoms with Crippen LogP contribution in [-0.4, -0.2) is 30.0 Å². The molecule has 0 spiro atoms. The summed E-state index contributed by atoms with van der Waals surface area (Å²) in [5.74, 6) is -0.797. The second-order valence-corrected chi connectivity index (χ2v) is 5.51. The van der Waals surface area contributed by atoms with Gasteiger partial charge in [0.25, 0.3) is 5.97 Å². The van der Waals surface area contributed by atoms with Gasteiger partial charge in [0.15, 0.2) is 9.76 Å². The third-order valence-electron chi connectivity index (χ3n) is 2.80. The van der Waals surface area contributed by atoms with Gasteiger partial charge in [-0.2, -0.15) is 0 Å². The molecule has 13 heavy (non-hydrogen) atoms. The molecule has 0 heterocycles. The van der Waals surface area contributed by atoms with Gasteiger partial charge in [0, 0.05) is 21.1 Å². The van der Waals surface area contributed by atoms with E-state index in [1.54, 1.807) is 14.2 Å². The topological polar surface area (TPSA) is 27.7 Å². The first-order valence-electron chi connectivity index (χ1n) is 4.94. The lowest BCUT2D eigenvalue weighted by atomic mass is 10.4. The molecule has 0 unspecified atom stereocenters. The Kier molecular flexibility index (Phi) is 4.38. The first kappa shape index (κ1) is 11.2. The summed E-state index contributed by atoms with van der Waals surface area (Å²) in [6.45, 7) is 1.83. The zero-order chi connectivity index (χ0) is 9.73. The van der Waals surface area contributed by atoms with Crippen LogP contribution in [0.1, 0.15) is 32.6 Å². The summed E-state index contributed by atoms with van der Waals surface area (Å²) in [5.41, 5.74) is 0.838.